The minimum Gasteiger partial charge on any atom is -0.486 e. The Morgan fingerprint density at radius 2 is 1.70 bits per heavy atom. The van der Waals surface area contributed by atoms with Crippen molar-refractivity contribution in [3.63, 3.8) is 0 Å². The van der Waals surface area contributed by atoms with E-state index >= 15 is 0 Å². The lowest BCUT2D eigenvalue weighted by molar-refractivity contribution is -0.115. The fourth-order valence-electron chi connectivity index (χ4n) is 2.77. The van der Waals surface area contributed by atoms with E-state index in [0.717, 1.165) is 35.4 Å². The van der Waals surface area contributed by atoms with E-state index in [9.17, 15) is 4.79 Å². The number of nitrogens with one attached hydrogen (secondary N) is 1. The predicted octanol–water partition coefficient (Wildman–Crippen LogP) is 5.02. The number of amides is 1. The predicted molar refractivity (Wildman–Crippen MR) is 121 cm³/mol. The third-order valence-corrected chi connectivity index (χ3v) is 5.61. The normalized spacial score (nSPS) is 12.0. The highest BCUT2D eigenvalue weighted by Crippen LogP contribution is 2.25. The number of hydrogen-bond acceptors (Lipinski definition) is 5. The Balaban J connectivity index is 1.69. The summed E-state index contributed by atoms with van der Waals surface area (Å²) < 4.78 is 7.94. The molecule has 0 unspecified atom stereocenters. The molecule has 0 saturated heterocycles. The highest BCUT2D eigenvalue weighted by Gasteiger charge is 2.21. The molecule has 2 aromatic carbocycles. The number of anilines is 1. The average Bonchev–Trinajstić information content (AvgIpc) is 3.13. The van der Waals surface area contributed by atoms with Crippen molar-refractivity contribution >= 4 is 23.4 Å². The van der Waals surface area contributed by atoms with Gasteiger partial charge in [-0.3, -0.25) is 4.79 Å². The van der Waals surface area contributed by atoms with Crippen LogP contribution in [-0.4, -0.2) is 25.9 Å². The molecule has 1 atom stereocenters. The van der Waals surface area contributed by atoms with Crippen molar-refractivity contribution in [2.75, 3.05) is 5.32 Å². The zero-order valence-corrected chi connectivity index (χ0v) is 18.4. The van der Waals surface area contributed by atoms with Gasteiger partial charge < -0.3 is 14.6 Å². The van der Waals surface area contributed by atoms with Crippen LogP contribution in [0.15, 0.2) is 65.8 Å². The number of thioether (sulfide) groups is 1. The van der Waals surface area contributed by atoms with Gasteiger partial charge in [-0.25, -0.2) is 0 Å². The van der Waals surface area contributed by atoms with Crippen LogP contribution in [0.2, 0.25) is 0 Å². The molecule has 0 fully saturated rings. The number of nitrogens with zero attached hydrogens (tertiary/aromatic N) is 3. The number of carbonyl (C=O) groups is 1. The first kappa shape index (κ1) is 21.9. The van der Waals surface area contributed by atoms with Gasteiger partial charge >= 0.3 is 0 Å². The summed E-state index contributed by atoms with van der Waals surface area (Å²) in [4.78, 5) is 12.6. The fourth-order valence-corrected chi connectivity index (χ4v) is 3.66. The third-order valence-electron chi connectivity index (χ3n) is 4.53. The van der Waals surface area contributed by atoms with Gasteiger partial charge in [-0.1, -0.05) is 62.0 Å². The molecule has 0 aliphatic heterocycles. The molecule has 3 aromatic rings. The third kappa shape index (κ3) is 6.35. The zero-order valence-electron chi connectivity index (χ0n) is 17.6. The SMILES string of the molecule is CC(C)CCn1c(COc2ccccc2)nnc1S[C@H](C)C(=O)Nc1ccccc1. The standard InChI is InChI=1S/C23H28N4O2S/c1-17(2)14-15-27-21(16-29-20-12-8-5-9-13-20)25-26-23(27)30-18(3)22(28)24-19-10-6-4-7-11-19/h4-13,17-18H,14-16H2,1-3H3,(H,24,28)/t18-/m1/s1. The molecule has 158 valence electrons. The minimum atomic E-state index is -0.310. The molecule has 0 saturated carbocycles. The van der Waals surface area contributed by atoms with Crippen LogP contribution in [0.1, 0.15) is 33.0 Å². The minimum absolute atomic E-state index is 0.0632. The summed E-state index contributed by atoms with van der Waals surface area (Å²) in [6, 6.07) is 19.1. The summed E-state index contributed by atoms with van der Waals surface area (Å²) >= 11 is 1.41. The second kappa shape index (κ2) is 10.8. The Kier molecular flexibility index (Phi) is 7.90. The molecule has 7 heteroatoms. The van der Waals surface area contributed by atoms with Crippen molar-refractivity contribution in [2.45, 2.75) is 50.8 Å². The van der Waals surface area contributed by atoms with E-state index in [1.165, 1.54) is 11.8 Å². The Morgan fingerprint density at radius 3 is 2.37 bits per heavy atom. The van der Waals surface area contributed by atoms with E-state index < -0.39 is 0 Å². The Bertz CT molecular complexity index is 929. The first-order chi connectivity index (χ1) is 14.5. The van der Waals surface area contributed by atoms with Crippen molar-refractivity contribution < 1.29 is 9.53 Å². The van der Waals surface area contributed by atoms with E-state index in [0.29, 0.717) is 12.5 Å². The van der Waals surface area contributed by atoms with Gasteiger partial charge in [0.2, 0.25) is 5.91 Å². The van der Waals surface area contributed by atoms with Crippen molar-refractivity contribution in [1.82, 2.24) is 14.8 Å². The molecule has 0 spiro atoms. The molecule has 1 heterocycles. The zero-order chi connectivity index (χ0) is 21.3. The Hall–Kier alpha value is -2.80. The molecule has 0 radical (unpaired) electrons. The number of rotatable bonds is 10. The van der Waals surface area contributed by atoms with Crippen LogP contribution in [-0.2, 0) is 17.9 Å². The monoisotopic (exact) mass is 424 g/mol. The number of ether oxygens (including phenoxy) is 1. The number of benzene rings is 2. The van der Waals surface area contributed by atoms with Crippen LogP contribution < -0.4 is 10.1 Å². The van der Waals surface area contributed by atoms with E-state index in [1.54, 1.807) is 0 Å². The van der Waals surface area contributed by atoms with Crippen molar-refractivity contribution in [3.8, 4) is 5.75 Å². The largest absolute Gasteiger partial charge is 0.486 e. The first-order valence-electron chi connectivity index (χ1n) is 10.2. The van der Waals surface area contributed by atoms with Crippen LogP contribution in [0.4, 0.5) is 5.69 Å². The van der Waals surface area contributed by atoms with Gasteiger partial charge in [-0.15, -0.1) is 10.2 Å². The fraction of sp³-hybridized carbons (Fsp3) is 0.348. The first-order valence-corrected chi connectivity index (χ1v) is 11.0. The molecule has 3 rings (SSSR count). The van der Waals surface area contributed by atoms with Crippen molar-refractivity contribution in [2.24, 2.45) is 5.92 Å². The summed E-state index contributed by atoms with van der Waals surface area (Å²) in [7, 11) is 0. The number of carbonyl (C=O) groups excluding carboxylic acids is 1. The van der Waals surface area contributed by atoms with E-state index in [-0.39, 0.29) is 11.2 Å². The summed E-state index contributed by atoms with van der Waals surface area (Å²) in [5, 5.41) is 12.1. The van der Waals surface area contributed by atoms with E-state index in [1.807, 2.05) is 67.6 Å². The van der Waals surface area contributed by atoms with Gasteiger partial charge in [0.15, 0.2) is 11.0 Å². The summed E-state index contributed by atoms with van der Waals surface area (Å²) in [5.74, 6) is 2.04. The maximum atomic E-state index is 12.6. The topological polar surface area (TPSA) is 69.0 Å². The second-order valence-corrected chi connectivity index (χ2v) is 8.76. The number of hydrogen-bond donors (Lipinski definition) is 1. The maximum absolute atomic E-state index is 12.6. The lowest BCUT2D eigenvalue weighted by Gasteiger charge is -2.15. The van der Waals surface area contributed by atoms with Crippen LogP contribution in [0.5, 0.6) is 5.75 Å². The molecule has 6 nitrogen and oxygen atoms in total. The summed E-state index contributed by atoms with van der Waals surface area (Å²) in [5.41, 5.74) is 0.785. The quantitative estimate of drug-likeness (QED) is 0.463. The van der Waals surface area contributed by atoms with Gasteiger partial charge in [0.05, 0.1) is 5.25 Å². The molecular weight excluding hydrogens is 396 g/mol. The van der Waals surface area contributed by atoms with E-state index in [2.05, 4.69) is 33.9 Å². The maximum Gasteiger partial charge on any atom is 0.237 e. The lowest BCUT2D eigenvalue weighted by atomic mass is 10.1. The average molecular weight is 425 g/mol. The molecule has 0 aliphatic carbocycles. The molecule has 1 amide bonds. The Labute approximate surface area is 182 Å². The molecule has 1 aromatic heterocycles. The summed E-state index contributed by atoms with van der Waals surface area (Å²) in [6.45, 7) is 7.37. The van der Waals surface area contributed by atoms with Crippen LogP contribution in [0, 0.1) is 5.92 Å². The van der Waals surface area contributed by atoms with Gasteiger partial charge in [0.1, 0.15) is 12.4 Å². The highest BCUT2D eigenvalue weighted by molar-refractivity contribution is 8.00. The molecule has 0 aliphatic rings. The van der Waals surface area contributed by atoms with Crippen LogP contribution in [0.25, 0.3) is 0 Å². The van der Waals surface area contributed by atoms with Gasteiger partial charge in [-0.05, 0) is 43.5 Å². The number of para-hydroxylation sites is 2. The van der Waals surface area contributed by atoms with Crippen molar-refractivity contribution in [3.05, 3.63) is 66.5 Å². The smallest absolute Gasteiger partial charge is 0.237 e. The molecule has 0 bridgehead atoms. The summed E-state index contributed by atoms with van der Waals surface area (Å²) in [6.07, 6.45) is 0.995. The molecular formula is C23H28N4O2S. The van der Waals surface area contributed by atoms with E-state index in [4.69, 9.17) is 4.74 Å². The Morgan fingerprint density at radius 1 is 1.03 bits per heavy atom. The van der Waals surface area contributed by atoms with Crippen molar-refractivity contribution in [1.29, 1.82) is 0 Å². The molecule has 1 N–H and O–H groups in total. The second-order valence-electron chi connectivity index (χ2n) is 7.45. The highest BCUT2D eigenvalue weighted by atomic mass is 32.2. The molecule has 30 heavy (non-hydrogen) atoms. The number of aromatic nitrogens is 3. The van der Waals surface area contributed by atoms with Gasteiger partial charge in [-0.2, -0.15) is 0 Å². The van der Waals surface area contributed by atoms with Gasteiger partial charge in [0, 0.05) is 12.2 Å². The van der Waals surface area contributed by atoms with Crippen LogP contribution >= 0.6 is 11.8 Å². The van der Waals surface area contributed by atoms with Crippen LogP contribution in [0.3, 0.4) is 0 Å². The lowest BCUT2D eigenvalue weighted by Crippen LogP contribution is -2.23. The van der Waals surface area contributed by atoms with Gasteiger partial charge in [0.25, 0.3) is 0 Å².